The quantitative estimate of drug-likeness (QED) is 0.916. The number of piperidine rings is 1. The van der Waals surface area contributed by atoms with E-state index in [4.69, 9.17) is 0 Å². The molecule has 106 valence electrons. The Bertz CT molecular complexity index is 490. The van der Waals surface area contributed by atoms with Crippen LogP contribution in [0.2, 0.25) is 0 Å². The van der Waals surface area contributed by atoms with E-state index in [9.17, 15) is 0 Å². The molecule has 0 bridgehead atoms. The molecule has 1 saturated heterocycles. The smallest absolute Gasteiger partial charge is 0.0795 e. The van der Waals surface area contributed by atoms with Crippen molar-refractivity contribution in [1.82, 2.24) is 15.2 Å². The van der Waals surface area contributed by atoms with Crippen molar-refractivity contribution >= 4 is 11.3 Å². The molecule has 3 nitrogen and oxygen atoms in total. The lowest BCUT2D eigenvalue weighted by Gasteiger charge is -2.32. The molecule has 1 aliphatic heterocycles. The highest BCUT2D eigenvalue weighted by molar-refractivity contribution is 7.07. The monoisotopic (exact) mass is 287 g/mol. The van der Waals surface area contributed by atoms with Gasteiger partial charge < -0.3 is 5.32 Å². The number of aromatic nitrogens is 1. The van der Waals surface area contributed by atoms with Gasteiger partial charge in [0.25, 0.3) is 0 Å². The summed E-state index contributed by atoms with van der Waals surface area (Å²) in [4.78, 5) is 6.87. The van der Waals surface area contributed by atoms with Crippen molar-refractivity contribution in [2.24, 2.45) is 0 Å². The minimum atomic E-state index is 0.642. The van der Waals surface area contributed by atoms with Crippen LogP contribution < -0.4 is 5.32 Å². The molecule has 1 fully saturated rings. The molecule has 0 radical (unpaired) electrons. The standard InChI is InChI=1S/C16H21N3S/c1-2-4-14(5-3-1)11-19-8-6-15(7-9-19)17-10-16-12-20-13-18-16/h1-5,12-13,15,17H,6-11H2. The molecule has 1 aromatic heterocycles. The first-order chi connectivity index (χ1) is 9.90. The van der Waals surface area contributed by atoms with Crippen molar-refractivity contribution in [3.05, 3.63) is 52.5 Å². The number of nitrogens with zero attached hydrogens (tertiary/aromatic N) is 2. The fourth-order valence-corrected chi connectivity index (χ4v) is 3.27. The van der Waals surface area contributed by atoms with E-state index < -0.39 is 0 Å². The average molecular weight is 287 g/mol. The summed E-state index contributed by atoms with van der Waals surface area (Å²) in [5.41, 5.74) is 4.49. The van der Waals surface area contributed by atoms with Gasteiger partial charge in [0.2, 0.25) is 0 Å². The van der Waals surface area contributed by atoms with Gasteiger partial charge in [-0.1, -0.05) is 30.3 Å². The van der Waals surface area contributed by atoms with E-state index in [1.54, 1.807) is 11.3 Å². The van der Waals surface area contributed by atoms with Crippen molar-refractivity contribution in [3.63, 3.8) is 0 Å². The Hall–Kier alpha value is -1.23. The third-order valence-electron chi connectivity index (χ3n) is 3.89. The van der Waals surface area contributed by atoms with Gasteiger partial charge in [0.1, 0.15) is 0 Å². The van der Waals surface area contributed by atoms with E-state index in [-0.39, 0.29) is 0 Å². The van der Waals surface area contributed by atoms with Gasteiger partial charge in [0.15, 0.2) is 0 Å². The minimum Gasteiger partial charge on any atom is -0.308 e. The number of nitrogens with one attached hydrogen (secondary N) is 1. The zero-order valence-electron chi connectivity index (χ0n) is 11.7. The summed E-state index contributed by atoms with van der Waals surface area (Å²) in [6.07, 6.45) is 2.47. The number of thiazole rings is 1. The van der Waals surface area contributed by atoms with Gasteiger partial charge in [-0.3, -0.25) is 4.90 Å². The van der Waals surface area contributed by atoms with Gasteiger partial charge in [-0.25, -0.2) is 4.98 Å². The Labute approximate surface area is 124 Å². The Morgan fingerprint density at radius 1 is 1.20 bits per heavy atom. The predicted molar refractivity (Wildman–Crippen MR) is 83.7 cm³/mol. The Morgan fingerprint density at radius 3 is 2.70 bits per heavy atom. The lowest BCUT2D eigenvalue weighted by Crippen LogP contribution is -2.41. The van der Waals surface area contributed by atoms with Crippen LogP contribution in [0, 0.1) is 0 Å². The topological polar surface area (TPSA) is 28.2 Å². The highest BCUT2D eigenvalue weighted by atomic mass is 32.1. The van der Waals surface area contributed by atoms with Crippen LogP contribution in [0.4, 0.5) is 0 Å². The van der Waals surface area contributed by atoms with Gasteiger partial charge in [0, 0.05) is 24.5 Å². The molecule has 0 unspecified atom stereocenters. The maximum Gasteiger partial charge on any atom is 0.0795 e. The second kappa shape index (κ2) is 6.97. The second-order valence-electron chi connectivity index (χ2n) is 5.40. The molecule has 4 heteroatoms. The number of benzene rings is 1. The molecule has 0 saturated carbocycles. The average Bonchev–Trinajstić information content (AvgIpc) is 3.01. The fraction of sp³-hybridized carbons (Fsp3) is 0.438. The van der Waals surface area contributed by atoms with E-state index >= 15 is 0 Å². The maximum atomic E-state index is 4.32. The van der Waals surface area contributed by atoms with Crippen LogP contribution in [0.25, 0.3) is 0 Å². The summed E-state index contributed by atoms with van der Waals surface area (Å²) in [7, 11) is 0. The van der Waals surface area contributed by atoms with Gasteiger partial charge in [0.05, 0.1) is 11.2 Å². The van der Waals surface area contributed by atoms with Crippen LogP contribution in [-0.4, -0.2) is 29.0 Å². The van der Waals surface area contributed by atoms with Crippen molar-refractivity contribution < 1.29 is 0 Å². The summed E-state index contributed by atoms with van der Waals surface area (Å²) in [5.74, 6) is 0. The SMILES string of the molecule is c1ccc(CN2CCC(NCc3cscn3)CC2)cc1. The molecule has 2 heterocycles. The molecule has 0 atom stereocenters. The van der Waals surface area contributed by atoms with Crippen LogP contribution >= 0.6 is 11.3 Å². The van der Waals surface area contributed by atoms with E-state index in [1.165, 1.54) is 37.2 Å². The summed E-state index contributed by atoms with van der Waals surface area (Å²) in [5, 5.41) is 5.75. The zero-order valence-corrected chi connectivity index (χ0v) is 12.5. The van der Waals surface area contributed by atoms with Gasteiger partial charge in [-0.05, 0) is 31.5 Å². The lowest BCUT2D eigenvalue weighted by atomic mass is 10.0. The van der Waals surface area contributed by atoms with Crippen LogP contribution in [0.1, 0.15) is 24.1 Å². The first-order valence-corrected chi connectivity index (χ1v) is 8.21. The van der Waals surface area contributed by atoms with Crippen molar-refractivity contribution in [1.29, 1.82) is 0 Å². The molecule has 20 heavy (non-hydrogen) atoms. The van der Waals surface area contributed by atoms with E-state index in [0.29, 0.717) is 6.04 Å². The van der Waals surface area contributed by atoms with Crippen molar-refractivity contribution in [2.45, 2.75) is 32.0 Å². The molecule has 0 aliphatic carbocycles. The van der Waals surface area contributed by atoms with E-state index in [1.807, 2.05) is 5.51 Å². The van der Waals surface area contributed by atoms with Crippen LogP contribution in [-0.2, 0) is 13.1 Å². The maximum absolute atomic E-state index is 4.32. The first-order valence-electron chi connectivity index (χ1n) is 7.27. The van der Waals surface area contributed by atoms with Gasteiger partial charge >= 0.3 is 0 Å². The highest BCUT2D eigenvalue weighted by Gasteiger charge is 2.18. The molecule has 3 rings (SSSR count). The summed E-state index contributed by atoms with van der Waals surface area (Å²) < 4.78 is 0. The largest absolute Gasteiger partial charge is 0.308 e. The minimum absolute atomic E-state index is 0.642. The summed E-state index contributed by atoms with van der Waals surface area (Å²) in [6.45, 7) is 4.36. The third-order valence-corrected chi connectivity index (χ3v) is 4.53. The second-order valence-corrected chi connectivity index (χ2v) is 6.12. The summed E-state index contributed by atoms with van der Waals surface area (Å²) >= 11 is 1.67. The molecule has 1 aromatic carbocycles. The molecule has 2 aromatic rings. The number of hydrogen-bond donors (Lipinski definition) is 1. The molecular formula is C16H21N3S. The van der Waals surface area contributed by atoms with Crippen LogP contribution in [0.3, 0.4) is 0 Å². The number of rotatable bonds is 5. The van der Waals surface area contributed by atoms with Crippen molar-refractivity contribution in [2.75, 3.05) is 13.1 Å². The fourth-order valence-electron chi connectivity index (χ4n) is 2.71. The lowest BCUT2D eigenvalue weighted by molar-refractivity contribution is 0.190. The van der Waals surface area contributed by atoms with Crippen LogP contribution in [0.5, 0.6) is 0 Å². The first kappa shape index (κ1) is 13.7. The predicted octanol–water partition coefficient (Wildman–Crippen LogP) is 2.90. The molecule has 1 aliphatic rings. The molecule has 0 spiro atoms. The highest BCUT2D eigenvalue weighted by Crippen LogP contribution is 2.14. The van der Waals surface area contributed by atoms with E-state index in [2.05, 4.69) is 50.9 Å². The Kier molecular flexibility index (Phi) is 4.79. The normalized spacial score (nSPS) is 17.4. The molecular weight excluding hydrogens is 266 g/mol. The Morgan fingerprint density at radius 2 is 2.00 bits per heavy atom. The van der Waals surface area contributed by atoms with E-state index in [0.717, 1.165) is 13.1 Å². The van der Waals surface area contributed by atoms with Gasteiger partial charge in [-0.15, -0.1) is 11.3 Å². The Balaban J connectivity index is 1.40. The van der Waals surface area contributed by atoms with Crippen molar-refractivity contribution in [3.8, 4) is 0 Å². The molecule has 0 amide bonds. The number of hydrogen-bond acceptors (Lipinski definition) is 4. The zero-order chi connectivity index (χ0) is 13.6. The molecule has 1 N–H and O–H groups in total. The van der Waals surface area contributed by atoms with Gasteiger partial charge in [-0.2, -0.15) is 0 Å². The summed E-state index contributed by atoms with van der Waals surface area (Å²) in [6, 6.07) is 11.4. The van der Waals surface area contributed by atoms with Crippen LogP contribution in [0.15, 0.2) is 41.2 Å². The third kappa shape index (κ3) is 3.88. The number of likely N-dealkylation sites (tertiary alicyclic amines) is 1.